The number of methoxy groups -OCH3 is 1. The predicted octanol–water partition coefficient (Wildman–Crippen LogP) is 1.94. The van der Waals surface area contributed by atoms with Gasteiger partial charge in [-0.3, -0.25) is 14.2 Å². The van der Waals surface area contributed by atoms with Crippen molar-refractivity contribution in [2.75, 3.05) is 7.11 Å². The zero-order valence-corrected chi connectivity index (χ0v) is 16.2. The summed E-state index contributed by atoms with van der Waals surface area (Å²) in [6, 6.07) is 9.25. The van der Waals surface area contributed by atoms with Crippen LogP contribution in [0.2, 0.25) is 0 Å². The minimum Gasteiger partial charge on any atom is -0.479 e. The molecule has 1 aromatic carbocycles. The lowest BCUT2D eigenvalue weighted by Crippen LogP contribution is -2.42. The van der Waals surface area contributed by atoms with Crippen LogP contribution in [-0.4, -0.2) is 44.7 Å². The number of carbonyl (C=O) groups excluding carboxylic acids is 1. The first-order valence-corrected chi connectivity index (χ1v) is 9.93. The zero-order valence-electron chi connectivity index (χ0n) is 16.2. The van der Waals surface area contributed by atoms with Crippen molar-refractivity contribution in [2.24, 2.45) is 0 Å². The van der Waals surface area contributed by atoms with Gasteiger partial charge in [0.05, 0.1) is 24.1 Å². The second kappa shape index (κ2) is 7.02. The Morgan fingerprint density at radius 2 is 2.10 bits per heavy atom. The Morgan fingerprint density at radius 3 is 2.93 bits per heavy atom. The molecule has 1 fully saturated rings. The van der Waals surface area contributed by atoms with E-state index in [9.17, 15) is 9.59 Å². The lowest BCUT2D eigenvalue weighted by molar-refractivity contribution is -0.134. The van der Waals surface area contributed by atoms with Gasteiger partial charge >= 0.3 is 0 Å². The van der Waals surface area contributed by atoms with Crippen molar-refractivity contribution in [2.45, 2.75) is 50.7 Å². The van der Waals surface area contributed by atoms with E-state index in [1.165, 1.54) is 7.11 Å². The van der Waals surface area contributed by atoms with E-state index < -0.39 is 0 Å². The van der Waals surface area contributed by atoms with Crippen molar-refractivity contribution in [1.29, 1.82) is 0 Å². The van der Waals surface area contributed by atoms with E-state index in [1.807, 2.05) is 29.2 Å². The highest BCUT2D eigenvalue weighted by atomic mass is 16.5. The maximum absolute atomic E-state index is 13.1. The molecule has 5 rings (SSSR count). The molecule has 8 nitrogen and oxygen atoms in total. The lowest BCUT2D eigenvalue weighted by Gasteiger charge is -2.27. The van der Waals surface area contributed by atoms with Crippen LogP contribution < -0.4 is 10.3 Å². The van der Waals surface area contributed by atoms with Crippen molar-refractivity contribution in [3.8, 4) is 5.88 Å². The number of aromatic nitrogens is 3. The minimum atomic E-state index is -0.0145. The molecule has 2 aliphatic heterocycles. The number of hydrogen-bond acceptors (Lipinski definition) is 6. The number of carbonyl (C=O) groups is 1. The summed E-state index contributed by atoms with van der Waals surface area (Å²) in [7, 11) is 1.53. The standard InChI is InChI=1S/C21H22N4O4/c1-28-19-11-15(29-23-19)8-9-20(26)25-13-6-7-14(25)12-24-18(10-13)22-17-5-3-2-4-16(17)21(24)27/h2-5,11,13-14H,6-10,12H2,1H3/t13-,14+/m0/s1. The number of aryl methyl sites for hydroxylation is 1. The molecule has 150 valence electrons. The molecule has 2 atom stereocenters. The van der Waals surface area contributed by atoms with Gasteiger partial charge in [-0.05, 0) is 30.1 Å². The average Bonchev–Trinajstić information content (AvgIpc) is 3.31. The van der Waals surface area contributed by atoms with Gasteiger partial charge in [-0.2, -0.15) is 0 Å². The van der Waals surface area contributed by atoms with Gasteiger partial charge in [-0.15, -0.1) is 0 Å². The normalized spacial score (nSPS) is 20.5. The first kappa shape index (κ1) is 17.9. The Balaban J connectivity index is 1.39. The van der Waals surface area contributed by atoms with Crippen molar-refractivity contribution in [3.05, 3.63) is 52.3 Å². The van der Waals surface area contributed by atoms with E-state index in [1.54, 1.807) is 10.6 Å². The molecular formula is C21H22N4O4. The molecule has 1 amide bonds. The number of fused-ring (bicyclic) bond motifs is 4. The largest absolute Gasteiger partial charge is 0.479 e. The van der Waals surface area contributed by atoms with Crippen LogP contribution in [0.15, 0.2) is 39.6 Å². The summed E-state index contributed by atoms with van der Waals surface area (Å²) in [5.74, 6) is 1.90. The summed E-state index contributed by atoms with van der Waals surface area (Å²) in [5, 5.41) is 4.41. The quantitative estimate of drug-likeness (QED) is 0.672. The number of rotatable bonds is 4. The van der Waals surface area contributed by atoms with E-state index in [-0.39, 0.29) is 23.6 Å². The van der Waals surface area contributed by atoms with Crippen LogP contribution in [0.4, 0.5) is 0 Å². The predicted molar refractivity (Wildman–Crippen MR) is 105 cm³/mol. The van der Waals surface area contributed by atoms with Gasteiger partial charge in [0.1, 0.15) is 11.6 Å². The van der Waals surface area contributed by atoms with E-state index in [4.69, 9.17) is 14.2 Å². The van der Waals surface area contributed by atoms with Crippen molar-refractivity contribution < 1.29 is 14.1 Å². The van der Waals surface area contributed by atoms with Crippen LogP contribution >= 0.6 is 0 Å². The van der Waals surface area contributed by atoms with Crippen molar-refractivity contribution in [1.82, 2.24) is 19.6 Å². The van der Waals surface area contributed by atoms with E-state index in [0.29, 0.717) is 42.8 Å². The molecule has 2 bridgehead atoms. The minimum absolute atomic E-state index is 0.0145. The maximum atomic E-state index is 13.1. The number of benzene rings is 1. The highest BCUT2D eigenvalue weighted by molar-refractivity contribution is 5.78. The number of nitrogens with zero attached hydrogens (tertiary/aromatic N) is 4. The van der Waals surface area contributed by atoms with Gasteiger partial charge in [0.15, 0.2) is 0 Å². The molecule has 2 aliphatic rings. The number of ether oxygens (including phenoxy) is 1. The summed E-state index contributed by atoms with van der Waals surface area (Å²) >= 11 is 0. The fraction of sp³-hybridized carbons (Fsp3) is 0.429. The topological polar surface area (TPSA) is 90.5 Å². The Bertz CT molecular complexity index is 1140. The number of amides is 1. The van der Waals surface area contributed by atoms with Crippen LogP contribution in [-0.2, 0) is 24.2 Å². The van der Waals surface area contributed by atoms with Crippen molar-refractivity contribution in [3.63, 3.8) is 0 Å². The summed E-state index contributed by atoms with van der Waals surface area (Å²) in [6.45, 7) is 0.504. The molecule has 0 N–H and O–H groups in total. The van der Waals surface area contributed by atoms with Gasteiger partial charge in [0.25, 0.3) is 11.4 Å². The van der Waals surface area contributed by atoms with Crippen molar-refractivity contribution >= 4 is 16.8 Å². The first-order valence-electron chi connectivity index (χ1n) is 9.93. The van der Waals surface area contributed by atoms with Gasteiger partial charge in [0, 0.05) is 37.9 Å². The molecule has 8 heteroatoms. The van der Waals surface area contributed by atoms with Crippen LogP contribution in [0.25, 0.3) is 10.9 Å². The SMILES string of the molecule is COc1cc(CCC(=O)N2[C@@H]3CC[C@H]2Cc2nc4ccccc4c(=O)n2C3)on1. The van der Waals surface area contributed by atoms with E-state index in [2.05, 4.69) is 5.16 Å². The number of hydrogen-bond donors (Lipinski definition) is 0. The monoisotopic (exact) mass is 394 g/mol. The molecule has 29 heavy (non-hydrogen) atoms. The molecule has 0 radical (unpaired) electrons. The highest BCUT2D eigenvalue weighted by Gasteiger charge is 2.40. The molecule has 4 heterocycles. The highest BCUT2D eigenvalue weighted by Crippen LogP contribution is 2.31. The van der Waals surface area contributed by atoms with Crippen LogP contribution in [0.5, 0.6) is 5.88 Å². The van der Waals surface area contributed by atoms with Crippen LogP contribution in [0, 0.1) is 0 Å². The lowest BCUT2D eigenvalue weighted by atomic mass is 10.1. The molecule has 2 aromatic heterocycles. The molecule has 0 unspecified atom stereocenters. The summed E-state index contributed by atoms with van der Waals surface area (Å²) < 4.78 is 12.0. The zero-order chi connectivity index (χ0) is 20.0. The molecule has 1 saturated heterocycles. The molecule has 0 spiro atoms. The summed E-state index contributed by atoms with van der Waals surface area (Å²) in [5.41, 5.74) is 0.706. The second-order valence-corrected chi connectivity index (χ2v) is 7.69. The summed E-state index contributed by atoms with van der Waals surface area (Å²) in [4.78, 5) is 32.8. The Kier molecular flexibility index (Phi) is 4.34. The van der Waals surface area contributed by atoms with Gasteiger partial charge in [0.2, 0.25) is 5.91 Å². The third kappa shape index (κ3) is 3.08. The smallest absolute Gasteiger partial charge is 0.261 e. The molecule has 0 saturated carbocycles. The van der Waals surface area contributed by atoms with Crippen LogP contribution in [0.1, 0.15) is 30.8 Å². The molecule has 0 aliphatic carbocycles. The van der Waals surface area contributed by atoms with Gasteiger partial charge in [-0.25, -0.2) is 4.98 Å². The fourth-order valence-electron chi connectivity index (χ4n) is 4.59. The molecular weight excluding hydrogens is 372 g/mol. The van der Waals surface area contributed by atoms with Crippen LogP contribution in [0.3, 0.4) is 0 Å². The third-order valence-corrected chi connectivity index (χ3v) is 5.99. The Labute approximate surface area is 167 Å². The first-order chi connectivity index (χ1) is 14.1. The molecule has 3 aromatic rings. The maximum Gasteiger partial charge on any atom is 0.261 e. The van der Waals surface area contributed by atoms with E-state index >= 15 is 0 Å². The summed E-state index contributed by atoms with van der Waals surface area (Å²) in [6.07, 6.45) is 3.27. The average molecular weight is 394 g/mol. The van der Waals surface area contributed by atoms with E-state index in [0.717, 1.165) is 24.2 Å². The second-order valence-electron chi connectivity index (χ2n) is 7.69. The fourth-order valence-corrected chi connectivity index (χ4v) is 4.59. The number of para-hydroxylation sites is 1. The Morgan fingerprint density at radius 1 is 1.28 bits per heavy atom. The Hall–Kier alpha value is -3.16. The third-order valence-electron chi connectivity index (χ3n) is 5.99. The van der Waals surface area contributed by atoms with Gasteiger partial charge in [-0.1, -0.05) is 12.1 Å². The van der Waals surface area contributed by atoms with Gasteiger partial charge < -0.3 is 14.2 Å².